The lowest BCUT2D eigenvalue weighted by molar-refractivity contribution is -0.134. The van der Waals surface area contributed by atoms with E-state index in [1.807, 2.05) is 0 Å². The lowest BCUT2D eigenvalue weighted by Crippen LogP contribution is -2.52. The number of methoxy groups -OCH3 is 1. The molecule has 1 fully saturated rings. The minimum Gasteiger partial charge on any atom is -0.496 e. The molecule has 0 N–H and O–H groups in total. The second kappa shape index (κ2) is 9.12. The van der Waals surface area contributed by atoms with Gasteiger partial charge in [0, 0.05) is 43.8 Å². The number of rotatable bonds is 5. The SMILES string of the molecule is COc1ccccc1C(=O)CCC(=O)N1CCC2(CC1)CC(=O)c1cc(Cl)cc(Cl)c1O2. The average molecular weight is 476 g/mol. The Labute approximate surface area is 196 Å². The van der Waals surface area contributed by atoms with Gasteiger partial charge in [0.2, 0.25) is 5.91 Å². The van der Waals surface area contributed by atoms with Crippen molar-refractivity contribution in [1.29, 1.82) is 0 Å². The van der Waals surface area contributed by atoms with Crippen molar-refractivity contribution in [3.05, 3.63) is 57.6 Å². The third kappa shape index (κ3) is 4.48. The Kier molecular flexibility index (Phi) is 6.45. The summed E-state index contributed by atoms with van der Waals surface area (Å²) in [5.41, 5.74) is 0.206. The lowest BCUT2D eigenvalue weighted by atomic mass is 9.82. The predicted octanol–water partition coefficient (Wildman–Crippen LogP) is 4.99. The number of Topliss-reactive ketones (excluding diaryl/α,β-unsaturated/α-hetero) is 2. The molecule has 2 aliphatic rings. The van der Waals surface area contributed by atoms with Gasteiger partial charge < -0.3 is 14.4 Å². The monoisotopic (exact) mass is 475 g/mol. The number of hydrogen-bond acceptors (Lipinski definition) is 5. The van der Waals surface area contributed by atoms with Gasteiger partial charge in [-0.3, -0.25) is 14.4 Å². The largest absolute Gasteiger partial charge is 0.496 e. The predicted molar refractivity (Wildman–Crippen MR) is 121 cm³/mol. The molecule has 0 unspecified atom stereocenters. The summed E-state index contributed by atoms with van der Waals surface area (Å²) >= 11 is 12.3. The van der Waals surface area contributed by atoms with E-state index in [0.29, 0.717) is 58.6 Å². The van der Waals surface area contributed by atoms with Crippen molar-refractivity contribution < 1.29 is 23.9 Å². The summed E-state index contributed by atoms with van der Waals surface area (Å²) in [6.45, 7) is 0.908. The minimum atomic E-state index is -0.675. The highest BCUT2D eigenvalue weighted by atomic mass is 35.5. The molecule has 1 saturated heterocycles. The van der Waals surface area contributed by atoms with Crippen LogP contribution in [0.4, 0.5) is 0 Å². The molecule has 0 aromatic heterocycles. The van der Waals surface area contributed by atoms with Crippen molar-refractivity contribution in [3.8, 4) is 11.5 Å². The number of halogens is 2. The number of piperidine rings is 1. The molecule has 0 radical (unpaired) electrons. The number of ketones is 2. The number of hydrogen-bond donors (Lipinski definition) is 0. The van der Waals surface area contributed by atoms with Gasteiger partial charge in [-0.05, 0) is 24.3 Å². The Hall–Kier alpha value is -2.57. The van der Waals surface area contributed by atoms with E-state index in [1.165, 1.54) is 7.11 Å². The van der Waals surface area contributed by atoms with Crippen LogP contribution in [-0.2, 0) is 4.79 Å². The molecule has 168 valence electrons. The maximum atomic E-state index is 12.7. The number of carbonyl (C=O) groups is 3. The molecule has 1 spiro atoms. The smallest absolute Gasteiger partial charge is 0.223 e. The lowest BCUT2D eigenvalue weighted by Gasteiger charge is -2.44. The molecule has 2 heterocycles. The number of carbonyl (C=O) groups excluding carboxylic acids is 3. The zero-order valence-electron chi connectivity index (χ0n) is 17.7. The number of amides is 1. The van der Waals surface area contributed by atoms with Crippen LogP contribution >= 0.6 is 23.2 Å². The number of para-hydroxylation sites is 1. The fraction of sp³-hybridized carbons (Fsp3) is 0.375. The maximum absolute atomic E-state index is 12.7. The summed E-state index contributed by atoms with van der Waals surface area (Å²) < 4.78 is 11.4. The van der Waals surface area contributed by atoms with Crippen molar-refractivity contribution in [2.45, 2.75) is 37.7 Å². The third-order valence-electron chi connectivity index (χ3n) is 6.11. The zero-order chi connectivity index (χ0) is 22.9. The standard InChI is InChI=1S/C24H23Cl2NO5/c1-31-21-5-3-2-4-16(21)19(28)6-7-22(30)27-10-8-24(9-11-27)14-20(29)17-12-15(25)13-18(26)23(17)32-24/h2-5,12-13H,6-11,14H2,1H3. The van der Waals surface area contributed by atoms with Gasteiger partial charge in [-0.1, -0.05) is 35.3 Å². The first-order chi connectivity index (χ1) is 15.3. The third-order valence-corrected chi connectivity index (χ3v) is 6.61. The first-order valence-electron chi connectivity index (χ1n) is 10.5. The van der Waals surface area contributed by atoms with E-state index in [1.54, 1.807) is 41.3 Å². The van der Waals surface area contributed by atoms with Crippen LogP contribution in [0.5, 0.6) is 11.5 Å². The number of benzene rings is 2. The van der Waals surface area contributed by atoms with Gasteiger partial charge in [-0.15, -0.1) is 0 Å². The molecule has 0 aliphatic carbocycles. The Balaban J connectivity index is 1.36. The molecule has 0 bridgehead atoms. The Morgan fingerprint density at radius 1 is 1.12 bits per heavy atom. The van der Waals surface area contributed by atoms with E-state index in [9.17, 15) is 14.4 Å². The summed E-state index contributed by atoms with van der Waals surface area (Å²) in [4.78, 5) is 39.7. The van der Waals surface area contributed by atoms with E-state index in [-0.39, 0.29) is 36.7 Å². The van der Waals surface area contributed by atoms with Crippen LogP contribution in [0.3, 0.4) is 0 Å². The van der Waals surface area contributed by atoms with Gasteiger partial charge in [-0.2, -0.15) is 0 Å². The van der Waals surface area contributed by atoms with Crippen molar-refractivity contribution in [3.63, 3.8) is 0 Å². The highest BCUT2D eigenvalue weighted by Crippen LogP contribution is 2.44. The van der Waals surface area contributed by atoms with Crippen molar-refractivity contribution in [1.82, 2.24) is 4.90 Å². The molecule has 2 aliphatic heterocycles. The van der Waals surface area contributed by atoms with Crippen LogP contribution < -0.4 is 9.47 Å². The topological polar surface area (TPSA) is 72.9 Å². The molecule has 6 nitrogen and oxygen atoms in total. The van der Waals surface area contributed by atoms with Crippen LogP contribution in [-0.4, -0.2) is 48.2 Å². The molecule has 0 atom stereocenters. The number of likely N-dealkylation sites (tertiary alicyclic amines) is 1. The molecule has 8 heteroatoms. The highest BCUT2D eigenvalue weighted by molar-refractivity contribution is 6.36. The molecule has 32 heavy (non-hydrogen) atoms. The first-order valence-corrected chi connectivity index (χ1v) is 11.2. The normalized spacial score (nSPS) is 17.0. The first kappa shape index (κ1) is 22.6. The van der Waals surface area contributed by atoms with Crippen LogP contribution in [0, 0.1) is 0 Å². The van der Waals surface area contributed by atoms with E-state index in [4.69, 9.17) is 32.7 Å². The van der Waals surface area contributed by atoms with Gasteiger partial charge in [0.15, 0.2) is 11.6 Å². The fourth-order valence-electron chi connectivity index (χ4n) is 4.34. The molecule has 2 aromatic rings. The van der Waals surface area contributed by atoms with E-state index >= 15 is 0 Å². The van der Waals surface area contributed by atoms with Crippen molar-refractivity contribution in [2.24, 2.45) is 0 Å². The highest BCUT2D eigenvalue weighted by Gasteiger charge is 2.44. The number of fused-ring (bicyclic) bond motifs is 1. The molecule has 1 amide bonds. The van der Waals surface area contributed by atoms with Crippen molar-refractivity contribution in [2.75, 3.05) is 20.2 Å². The summed E-state index contributed by atoms with van der Waals surface area (Å²) in [7, 11) is 1.51. The van der Waals surface area contributed by atoms with Gasteiger partial charge in [-0.25, -0.2) is 0 Å². The molecular weight excluding hydrogens is 453 g/mol. The second-order valence-corrected chi connectivity index (χ2v) is 9.00. The van der Waals surface area contributed by atoms with E-state index < -0.39 is 5.60 Å². The molecule has 0 saturated carbocycles. The van der Waals surface area contributed by atoms with Gasteiger partial charge in [0.25, 0.3) is 0 Å². The Bertz CT molecular complexity index is 1080. The maximum Gasteiger partial charge on any atom is 0.223 e. The van der Waals surface area contributed by atoms with Crippen LogP contribution in [0.2, 0.25) is 10.0 Å². The second-order valence-electron chi connectivity index (χ2n) is 8.15. The van der Waals surface area contributed by atoms with E-state index in [2.05, 4.69) is 0 Å². The van der Waals surface area contributed by atoms with Crippen molar-refractivity contribution >= 4 is 40.7 Å². The van der Waals surface area contributed by atoms with Crippen LogP contribution in [0.1, 0.15) is 52.8 Å². The van der Waals surface area contributed by atoms with Crippen LogP contribution in [0.15, 0.2) is 36.4 Å². The summed E-state index contributed by atoms with van der Waals surface area (Å²) in [6.07, 6.45) is 1.49. The van der Waals surface area contributed by atoms with Gasteiger partial charge in [0.05, 0.1) is 29.7 Å². The molecule has 4 rings (SSSR count). The van der Waals surface area contributed by atoms with Crippen LogP contribution in [0.25, 0.3) is 0 Å². The quantitative estimate of drug-likeness (QED) is 0.569. The summed E-state index contributed by atoms with van der Waals surface area (Å²) in [6, 6.07) is 10.1. The Morgan fingerprint density at radius 3 is 2.56 bits per heavy atom. The number of nitrogens with zero attached hydrogens (tertiary/aromatic N) is 1. The van der Waals surface area contributed by atoms with E-state index in [0.717, 1.165) is 0 Å². The fourth-order valence-corrected chi connectivity index (χ4v) is 4.87. The molecule has 2 aromatic carbocycles. The summed E-state index contributed by atoms with van der Waals surface area (Å²) in [5.74, 6) is 0.599. The Morgan fingerprint density at radius 2 is 1.84 bits per heavy atom. The van der Waals surface area contributed by atoms with Gasteiger partial charge in [0.1, 0.15) is 17.1 Å². The zero-order valence-corrected chi connectivity index (χ0v) is 19.2. The average Bonchev–Trinajstić information content (AvgIpc) is 2.78. The molecular formula is C24H23Cl2NO5. The van der Waals surface area contributed by atoms with Gasteiger partial charge >= 0.3 is 0 Å². The summed E-state index contributed by atoms with van der Waals surface area (Å²) in [5, 5.41) is 0.706. The minimum absolute atomic E-state index is 0.0576. The number of ether oxygens (including phenoxy) is 2.